The van der Waals surface area contributed by atoms with Crippen LogP contribution in [0.5, 0.6) is 17.2 Å². The SMILES string of the molecule is CC(C)(C)COc1ccc2c(c1)[C@@]1(N=C(N)O[C@@H]1Br)c1cc(-c3cccnc3)ccc1O2. The first-order chi connectivity index (χ1) is 15.3. The number of pyridine rings is 1. The highest BCUT2D eigenvalue weighted by Crippen LogP contribution is 2.56. The van der Waals surface area contributed by atoms with Crippen molar-refractivity contribution in [3.05, 3.63) is 72.1 Å². The van der Waals surface area contributed by atoms with Crippen LogP contribution in [0.25, 0.3) is 11.1 Å². The Labute approximate surface area is 195 Å². The monoisotopic (exact) mass is 493 g/mol. The third-order valence-electron chi connectivity index (χ3n) is 5.48. The summed E-state index contributed by atoms with van der Waals surface area (Å²) in [6.45, 7) is 6.99. The van der Waals surface area contributed by atoms with Crippen molar-refractivity contribution < 1.29 is 14.2 Å². The molecule has 2 aromatic carbocycles. The van der Waals surface area contributed by atoms with Crippen LogP contribution in [0.2, 0.25) is 0 Å². The maximum Gasteiger partial charge on any atom is 0.284 e. The first-order valence-corrected chi connectivity index (χ1v) is 11.3. The van der Waals surface area contributed by atoms with Gasteiger partial charge in [-0.05, 0) is 63.3 Å². The van der Waals surface area contributed by atoms with E-state index in [2.05, 4.69) is 47.8 Å². The van der Waals surface area contributed by atoms with E-state index in [1.165, 1.54) is 0 Å². The Morgan fingerprint density at radius 2 is 1.81 bits per heavy atom. The molecule has 5 rings (SSSR count). The summed E-state index contributed by atoms with van der Waals surface area (Å²) in [4.78, 5) is 9.05. The molecule has 0 bridgehead atoms. The van der Waals surface area contributed by atoms with Gasteiger partial charge in [0.15, 0.2) is 10.6 Å². The van der Waals surface area contributed by atoms with E-state index in [1.807, 2.05) is 48.7 Å². The Hall–Kier alpha value is -3.06. The lowest BCUT2D eigenvalue weighted by Crippen LogP contribution is -2.36. The van der Waals surface area contributed by atoms with Crippen LogP contribution in [0.4, 0.5) is 0 Å². The summed E-state index contributed by atoms with van der Waals surface area (Å²) < 4.78 is 18.2. The summed E-state index contributed by atoms with van der Waals surface area (Å²) in [5, 5.41) is -0.501. The molecule has 2 atom stereocenters. The van der Waals surface area contributed by atoms with E-state index in [-0.39, 0.29) is 11.4 Å². The Morgan fingerprint density at radius 3 is 2.47 bits per heavy atom. The van der Waals surface area contributed by atoms with Crippen molar-refractivity contribution in [1.29, 1.82) is 0 Å². The highest BCUT2D eigenvalue weighted by Gasteiger charge is 2.53. The molecule has 0 radical (unpaired) electrons. The molecule has 0 aliphatic carbocycles. The van der Waals surface area contributed by atoms with Crippen molar-refractivity contribution >= 4 is 22.0 Å². The summed E-state index contributed by atoms with van der Waals surface area (Å²) in [7, 11) is 0. The van der Waals surface area contributed by atoms with Gasteiger partial charge in [0, 0.05) is 29.1 Å². The molecule has 2 aliphatic heterocycles. The Bertz CT molecular complexity index is 1210. The van der Waals surface area contributed by atoms with Gasteiger partial charge >= 0.3 is 0 Å². The lowest BCUT2D eigenvalue weighted by Gasteiger charge is -2.36. The minimum atomic E-state index is -0.910. The molecule has 1 aromatic heterocycles. The summed E-state index contributed by atoms with van der Waals surface area (Å²) in [5.41, 5.74) is 8.89. The van der Waals surface area contributed by atoms with Gasteiger partial charge in [0.25, 0.3) is 6.02 Å². The van der Waals surface area contributed by atoms with Crippen molar-refractivity contribution in [1.82, 2.24) is 4.98 Å². The molecule has 3 aromatic rings. The molecule has 6 nitrogen and oxygen atoms in total. The molecule has 3 heterocycles. The summed E-state index contributed by atoms with van der Waals surface area (Å²) in [6.07, 6.45) is 3.59. The molecular weight excluding hydrogens is 470 g/mol. The third-order valence-corrected chi connectivity index (χ3v) is 6.33. The molecule has 0 saturated heterocycles. The fourth-order valence-electron chi connectivity index (χ4n) is 3.99. The van der Waals surface area contributed by atoms with E-state index < -0.39 is 10.6 Å². The van der Waals surface area contributed by atoms with Gasteiger partial charge in [-0.1, -0.05) is 32.9 Å². The largest absolute Gasteiger partial charge is 0.493 e. The molecule has 0 unspecified atom stereocenters. The van der Waals surface area contributed by atoms with Gasteiger partial charge in [0.05, 0.1) is 6.61 Å². The average molecular weight is 494 g/mol. The summed E-state index contributed by atoms with van der Waals surface area (Å²) in [5.74, 6) is 2.15. The Kier molecular flexibility index (Phi) is 4.89. The van der Waals surface area contributed by atoms with Gasteiger partial charge < -0.3 is 19.9 Å². The Balaban J connectivity index is 1.66. The molecule has 7 heteroatoms. The first kappa shape index (κ1) is 20.8. The number of amidine groups is 1. The van der Waals surface area contributed by atoms with Crippen LogP contribution in [0.3, 0.4) is 0 Å². The van der Waals surface area contributed by atoms with Crippen molar-refractivity contribution in [2.24, 2.45) is 16.1 Å². The van der Waals surface area contributed by atoms with Gasteiger partial charge in [-0.2, -0.15) is 0 Å². The van der Waals surface area contributed by atoms with Gasteiger partial charge in [-0.25, -0.2) is 4.99 Å². The fourth-order valence-corrected chi connectivity index (χ4v) is 4.77. The number of fused-ring (bicyclic) bond motifs is 4. The number of hydrogen-bond acceptors (Lipinski definition) is 6. The molecule has 0 amide bonds. The zero-order valence-corrected chi connectivity index (χ0v) is 19.7. The van der Waals surface area contributed by atoms with Crippen molar-refractivity contribution in [2.75, 3.05) is 6.61 Å². The predicted octanol–water partition coefficient (Wildman–Crippen LogP) is 5.59. The molecule has 164 valence electrons. The number of benzene rings is 2. The predicted molar refractivity (Wildman–Crippen MR) is 127 cm³/mol. The van der Waals surface area contributed by atoms with E-state index in [9.17, 15) is 0 Å². The van der Waals surface area contributed by atoms with Gasteiger partial charge in [0.1, 0.15) is 17.2 Å². The van der Waals surface area contributed by atoms with Crippen LogP contribution in [0.1, 0.15) is 31.9 Å². The molecule has 2 aliphatic rings. The summed E-state index contributed by atoms with van der Waals surface area (Å²) >= 11 is 3.69. The molecule has 2 N–H and O–H groups in total. The van der Waals surface area contributed by atoms with E-state index in [4.69, 9.17) is 24.9 Å². The number of nitrogens with zero attached hydrogens (tertiary/aromatic N) is 2. The number of rotatable bonds is 3. The number of aromatic nitrogens is 1. The highest BCUT2D eigenvalue weighted by atomic mass is 79.9. The van der Waals surface area contributed by atoms with Crippen molar-refractivity contribution in [3.63, 3.8) is 0 Å². The van der Waals surface area contributed by atoms with E-state index >= 15 is 0 Å². The minimum absolute atomic E-state index is 0.0340. The lowest BCUT2D eigenvalue weighted by molar-refractivity contribution is 0.196. The highest BCUT2D eigenvalue weighted by molar-refractivity contribution is 9.09. The van der Waals surface area contributed by atoms with Gasteiger partial charge in [0.2, 0.25) is 0 Å². The minimum Gasteiger partial charge on any atom is -0.493 e. The van der Waals surface area contributed by atoms with Gasteiger partial charge in [-0.3, -0.25) is 4.98 Å². The number of ether oxygens (including phenoxy) is 3. The zero-order valence-electron chi connectivity index (χ0n) is 18.1. The van der Waals surface area contributed by atoms with Crippen LogP contribution in [-0.4, -0.2) is 22.6 Å². The number of halogens is 1. The van der Waals surface area contributed by atoms with Crippen LogP contribution in [0.15, 0.2) is 65.9 Å². The quantitative estimate of drug-likeness (QED) is 0.481. The van der Waals surface area contributed by atoms with E-state index in [0.29, 0.717) is 18.1 Å². The van der Waals surface area contributed by atoms with Crippen LogP contribution in [0, 0.1) is 5.41 Å². The average Bonchev–Trinajstić information content (AvgIpc) is 3.07. The second-order valence-electron chi connectivity index (χ2n) is 9.21. The third kappa shape index (κ3) is 3.50. The Morgan fingerprint density at radius 1 is 1.06 bits per heavy atom. The van der Waals surface area contributed by atoms with Crippen LogP contribution >= 0.6 is 15.9 Å². The first-order valence-electron chi connectivity index (χ1n) is 10.4. The molecule has 1 spiro atoms. The maximum atomic E-state index is 6.28. The molecular formula is C25H24BrN3O3. The lowest BCUT2D eigenvalue weighted by atomic mass is 9.80. The number of nitrogens with two attached hydrogens (primary N) is 1. The molecule has 0 saturated carbocycles. The normalized spacial score (nSPS) is 21.2. The smallest absolute Gasteiger partial charge is 0.284 e. The summed E-state index contributed by atoms with van der Waals surface area (Å²) in [6, 6.07) is 15.9. The number of hydrogen-bond donors (Lipinski definition) is 1. The maximum absolute atomic E-state index is 6.28. The zero-order chi connectivity index (χ0) is 22.5. The second-order valence-corrected chi connectivity index (χ2v) is 10.0. The van der Waals surface area contributed by atoms with Gasteiger partial charge in [-0.15, -0.1) is 0 Å². The van der Waals surface area contributed by atoms with Crippen molar-refractivity contribution in [3.8, 4) is 28.4 Å². The number of aliphatic imine (C=N–C) groups is 1. The van der Waals surface area contributed by atoms with Crippen molar-refractivity contribution in [2.45, 2.75) is 31.3 Å². The van der Waals surface area contributed by atoms with E-state index in [0.717, 1.165) is 28.0 Å². The van der Waals surface area contributed by atoms with E-state index in [1.54, 1.807) is 6.20 Å². The second kappa shape index (κ2) is 7.52. The topological polar surface area (TPSA) is 79.0 Å². The molecule has 0 fully saturated rings. The standard InChI is InChI=1S/C25H24BrN3O3/c1-24(2,3)14-30-17-7-9-21-19(12-17)25(22(26)32-23(27)29-25)18-11-15(6-8-20(18)31-21)16-5-4-10-28-13-16/h4-13,22H,14H2,1-3H3,(H2,27,29)/t22-,25-/m0/s1. The van der Waals surface area contributed by atoms with Crippen LogP contribution in [-0.2, 0) is 10.3 Å². The fraction of sp³-hybridized carbons (Fsp3) is 0.280. The molecule has 32 heavy (non-hydrogen) atoms. The number of alkyl halides is 1. The van der Waals surface area contributed by atoms with Crippen LogP contribution < -0.4 is 15.2 Å².